The lowest BCUT2D eigenvalue weighted by molar-refractivity contribution is -0.0597. The highest BCUT2D eigenvalue weighted by atomic mass is 32.2. The van der Waals surface area contributed by atoms with Gasteiger partial charge in [-0.15, -0.1) is 0 Å². The average molecular weight is 581 g/mol. The van der Waals surface area contributed by atoms with Crippen molar-refractivity contribution in [3.05, 3.63) is 59.7 Å². The van der Waals surface area contributed by atoms with Gasteiger partial charge in [0, 0.05) is 5.56 Å². The molecule has 0 aliphatic heterocycles. The van der Waals surface area contributed by atoms with Crippen LogP contribution in [-0.4, -0.2) is 52.7 Å². The van der Waals surface area contributed by atoms with Crippen LogP contribution in [0.4, 0.5) is 13.2 Å². The number of halogens is 3. The molecule has 0 atom stereocenters. The van der Waals surface area contributed by atoms with Gasteiger partial charge >= 0.3 is 26.4 Å². The summed E-state index contributed by atoms with van der Waals surface area (Å²) in [6, 6.07) is 11.0. The van der Waals surface area contributed by atoms with Crippen molar-refractivity contribution >= 4 is 31.7 Å². The van der Waals surface area contributed by atoms with Crippen LogP contribution < -0.4 is 9.47 Å². The van der Waals surface area contributed by atoms with Gasteiger partial charge in [-0.3, -0.25) is 8.57 Å². The third-order valence-electron chi connectivity index (χ3n) is 4.56. The monoisotopic (exact) mass is 580 g/mol. The molecule has 0 saturated carbocycles. The molecule has 15 heteroatoms. The molecule has 0 saturated heterocycles. The van der Waals surface area contributed by atoms with Crippen LogP contribution in [0.25, 0.3) is 0 Å². The van der Waals surface area contributed by atoms with Gasteiger partial charge in [-0.05, 0) is 73.9 Å². The predicted octanol–water partition coefficient (Wildman–Crippen LogP) is 4.61. The highest BCUT2D eigenvalue weighted by molar-refractivity contribution is 7.86. The average Bonchev–Trinajstić information content (AvgIpc) is 2.83. The van der Waals surface area contributed by atoms with Crippen LogP contribution in [0.3, 0.4) is 0 Å². The van der Waals surface area contributed by atoms with E-state index in [4.69, 9.17) is 9.47 Å². The second-order valence-corrected chi connectivity index (χ2v) is 11.1. The summed E-state index contributed by atoms with van der Waals surface area (Å²) < 4.78 is 106. The lowest BCUT2D eigenvalue weighted by Gasteiger charge is -2.12. The largest absolute Gasteiger partial charge is 0.458 e. The highest BCUT2D eigenvalue weighted by Crippen LogP contribution is 2.25. The van der Waals surface area contributed by atoms with Gasteiger partial charge in [-0.2, -0.15) is 30.0 Å². The molecule has 10 nitrogen and oxygen atoms in total. The predicted molar refractivity (Wildman–Crippen MR) is 134 cm³/mol. The summed E-state index contributed by atoms with van der Waals surface area (Å²) in [5.41, 5.74) is -0.999. The van der Waals surface area contributed by atoms with E-state index < -0.39 is 43.4 Å². The molecule has 2 aromatic carbocycles. The Balaban J connectivity index is 1.98. The van der Waals surface area contributed by atoms with Gasteiger partial charge in [-0.25, -0.2) is 0 Å². The first-order valence-corrected chi connectivity index (χ1v) is 14.4. The second-order valence-electron chi connectivity index (χ2n) is 7.74. The molecule has 0 unspecified atom stereocenters. The Kier molecular flexibility index (Phi) is 10.9. The van der Waals surface area contributed by atoms with Gasteiger partial charge < -0.3 is 9.47 Å². The molecule has 0 N–H and O–H groups in total. The fraction of sp³-hybridized carbons (Fsp3) is 0.391. The summed E-state index contributed by atoms with van der Waals surface area (Å²) in [6.45, 7) is 4.54. The third-order valence-corrected chi connectivity index (χ3v) is 6.98. The van der Waals surface area contributed by atoms with Crippen molar-refractivity contribution in [2.45, 2.75) is 39.8 Å². The van der Waals surface area contributed by atoms with Crippen LogP contribution in [0.5, 0.6) is 11.5 Å². The molecule has 0 aliphatic carbocycles. The van der Waals surface area contributed by atoms with Gasteiger partial charge in [0.15, 0.2) is 5.71 Å². The molecular formula is C23H27F3N2O8S2. The zero-order valence-electron chi connectivity index (χ0n) is 20.8. The van der Waals surface area contributed by atoms with E-state index in [1.807, 2.05) is 0 Å². The highest BCUT2D eigenvalue weighted by Gasteiger charge is 2.38. The molecule has 38 heavy (non-hydrogen) atoms. The first-order valence-electron chi connectivity index (χ1n) is 11.2. The van der Waals surface area contributed by atoms with Gasteiger partial charge in [0.2, 0.25) is 6.79 Å². The van der Waals surface area contributed by atoms with Crippen molar-refractivity contribution in [2.24, 2.45) is 10.3 Å². The normalized spacial score (nSPS) is 13.2. The van der Waals surface area contributed by atoms with E-state index in [0.717, 1.165) is 12.1 Å². The van der Waals surface area contributed by atoms with Gasteiger partial charge in [0.1, 0.15) is 11.5 Å². The van der Waals surface area contributed by atoms with E-state index in [1.165, 1.54) is 19.1 Å². The third kappa shape index (κ3) is 10.2. The minimum atomic E-state index is -4.96. The van der Waals surface area contributed by atoms with E-state index in [2.05, 4.69) is 18.9 Å². The van der Waals surface area contributed by atoms with Gasteiger partial charge in [-0.1, -0.05) is 24.2 Å². The summed E-state index contributed by atoms with van der Waals surface area (Å²) in [7, 11) is -7.95. The SMILES string of the molecule is CCCS(=O)(=O)O/N=C(/c1ccc(OCOc2ccc(/C(C)=N/OS(=O)(=O)CCC)cc2)cc1)C(F)(F)F. The maximum atomic E-state index is 13.4. The molecule has 0 bridgehead atoms. The maximum Gasteiger partial charge on any atom is 0.437 e. The molecule has 0 fully saturated rings. The van der Waals surface area contributed by atoms with Crippen LogP contribution in [0, 0.1) is 0 Å². The van der Waals surface area contributed by atoms with Crippen molar-refractivity contribution in [1.29, 1.82) is 0 Å². The molecule has 0 spiro atoms. The summed E-state index contributed by atoms with van der Waals surface area (Å²) in [4.78, 5) is 0. The standard InChI is InChI=1S/C23H27F3N2O8S2/c1-4-14-37(29,30)35-27-17(3)18-6-10-20(11-7-18)33-16-34-21-12-8-19(9-13-21)22(23(24,25)26)28-36-38(31,32)15-5-2/h6-13H,4-5,14-16H2,1-3H3/b27-17+,28-22-. The van der Waals surface area contributed by atoms with Crippen molar-refractivity contribution in [3.63, 3.8) is 0 Å². The molecular weight excluding hydrogens is 553 g/mol. The molecule has 210 valence electrons. The maximum absolute atomic E-state index is 13.4. The lowest BCUT2D eigenvalue weighted by Crippen LogP contribution is -2.25. The van der Waals surface area contributed by atoms with E-state index in [9.17, 15) is 30.0 Å². The van der Waals surface area contributed by atoms with Gasteiger partial charge in [0.25, 0.3) is 0 Å². The van der Waals surface area contributed by atoms with Crippen molar-refractivity contribution in [3.8, 4) is 11.5 Å². The number of nitrogens with zero attached hydrogens (tertiary/aromatic N) is 2. The zero-order chi connectivity index (χ0) is 28.4. The zero-order valence-corrected chi connectivity index (χ0v) is 22.4. The number of oxime groups is 2. The fourth-order valence-corrected chi connectivity index (χ4v) is 4.33. The lowest BCUT2D eigenvalue weighted by atomic mass is 10.1. The second kappa shape index (κ2) is 13.5. The first-order chi connectivity index (χ1) is 17.8. The number of benzene rings is 2. The number of rotatable bonds is 14. The Morgan fingerprint density at radius 2 is 1.16 bits per heavy atom. The van der Waals surface area contributed by atoms with E-state index in [0.29, 0.717) is 23.4 Å². The molecule has 0 aromatic heterocycles. The van der Waals surface area contributed by atoms with E-state index >= 15 is 0 Å². The smallest absolute Gasteiger partial charge is 0.437 e. The number of hydrogen-bond acceptors (Lipinski definition) is 10. The quantitative estimate of drug-likeness (QED) is 0.180. The number of ether oxygens (including phenoxy) is 2. The molecule has 2 aromatic rings. The first kappa shape index (κ1) is 30.9. The Hall–Kier alpha value is -3.33. The van der Waals surface area contributed by atoms with E-state index in [-0.39, 0.29) is 24.7 Å². The van der Waals surface area contributed by atoms with E-state index in [1.54, 1.807) is 38.1 Å². The minimum absolute atomic E-state index is 0.145. The van der Waals surface area contributed by atoms with Crippen molar-refractivity contribution in [1.82, 2.24) is 0 Å². The molecule has 0 aliphatic rings. The number of hydrogen-bond donors (Lipinski definition) is 0. The van der Waals surface area contributed by atoms with Crippen LogP contribution in [-0.2, 0) is 28.8 Å². The summed E-state index contributed by atoms with van der Waals surface area (Å²) >= 11 is 0. The fourth-order valence-electron chi connectivity index (χ4n) is 2.77. The minimum Gasteiger partial charge on any atom is -0.458 e. The molecule has 0 amide bonds. The van der Waals surface area contributed by atoms with Crippen LogP contribution in [0.15, 0.2) is 58.8 Å². The summed E-state index contributed by atoms with van der Waals surface area (Å²) in [5.74, 6) is -0.0366. The Bertz CT molecular complexity index is 1320. The number of alkyl halides is 3. The molecule has 0 radical (unpaired) electrons. The van der Waals surface area contributed by atoms with Crippen LogP contribution in [0.1, 0.15) is 44.7 Å². The van der Waals surface area contributed by atoms with Crippen LogP contribution in [0.2, 0.25) is 0 Å². The topological polar surface area (TPSA) is 130 Å². The van der Waals surface area contributed by atoms with Crippen LogP contribution >= 0.6 is 0 Å². The molecule has 0 heterocycles. The summed E-state index contributed by atoms with van der Waals surface area (Å²) in [5, 5.41) is 6.46. The van der Waals surface area contributed by atoms with Crippen molar-refractivity contribution < 1.29 is 48.0 Å². The van der Waals surface area contributed by atoms with Gasteiger partial charge in [0.05, 0.1) is 17.2 Å². The molecule has 2 rings (SSSR count). The Morgan fingerprint density at radius 3 is 1.58 bits per heavy atom. The summed E-state index contributed by atoms with van der Waals surface area (Å²) in [6.07, 6.45) is -4.40. The van der Waals surface area contributed by atoms with Crippen molar-refractivity contribution in [2.75, 3.05) is 18.3 Å². The Labute approximate surface area is 219 Å². The Morgan fingerprint density at radius 1 is 0.737 bits per heavy atom.